The molecule has 4 rings (SSSR count). The molecule has 6 nitrogen and oxygen atoms in total. The summed E-state index contributed by atoms with van der Waals surface area (Å²) in [6.07, 6.45) is 0. The van der Waals surface area contributed by atoms with Crippen molar-refractivity contribution in [2.75, 3.05) is 36.2 Å². The van der Waals surface area contributed by atoms with E-state index in [9.17, 15) is 9.59 Å². The van der Waals surface area contributed by atoms with Gasteiger partial charge >= 0.3 is 6.03 Å². The van der Waals surface area contributed by atoms with Crippen molar-refractivity contribution >= 4 is 35.1 Å². The molecule has 0 bridgehead atoms. The van der Waals surface area contributed by atoms with Crippen LogP contribution in [0.1, 0.15) is 12.5 Å². The smallest absolute Gasteiger partial charge is 0.323 e. The number of rotatable bonds is 3. The molecule has 1 N–H and O–H groups in total. The number of urea groups is 1. The average Bonchev–Trinajstić information content (AvgIpc) is 3.24. The third kappa shape index (κ3) is 2.65. The first-order chi connectivity index (χ1) is 13.1. The van der Waals surface area contributed by atoms with Gasteiger partial charge in [0.25, 0.3) is 5.91 Å². The number of nitrogens with zero attached hydrogens (tertiary/aromatic N) is 2. The molecule has 27 heavy (non-hydrogen) atoms. The maximum absolute atomic E-state index is 13.3. The molecule has 1 fully saturated rings. The van der Waals surface area contributed by atoms with Crippen molar-refractivity contribution in [2.45, 2.75) is 11.8 Å². The van der Waals surface area contributed by atoms with E-state index in [2.05, 4.69) is 5.32 Å². The number of anilines is 2. The molecule has 1 saturated heterocycles. The lowest BCUT2D eigenvalue weighted by atomic mass is 10.1. The Morgan fingerprint density at radius 2 is 1.96 bits per heavy atom. The Hall–Kier alpha value is -2.67. The Bertz CT molecular complexity index is 886. The summed E-state index contributed by atoms with van der Waals surface area (Å²) in [4.78, 5) is 28.9. The molecule has 0 radical (unpaired) electrons. The minimum atomic E-state index is -0.983. The molecule has 2 aliphatic heterocycles. The van der Waals surface area contributed by atoms with E-state index in [1.807, 2.05) is 31.2 Å². The lowest BCUT2D eigenvalue weighted by Gasteiger charge is -2.33. The second kappa shape index (κ2) is 6.81. The zero-order valence-corrected chi connectivity index (χ0v) is 16.1. The van der Waals surface area contributed by atoms with E-state index in [1.54, 1.807) is 41.2 Å². The summed E-state index contributed by atoms with van der Waals surface area (Å²) in [5, 5.41) is 2.92. The quantitative estimate of drug-likeness (QED) is 0.881. The number of ether oxygens (including phenoxy) is 1. The van der Waals surface area contributed by atoms with Crippen LogP contribution in [0.4, 0.5) is 16.2 Å². The zero-order valence-electron chi connectivity index (χ0n) is 15.3. The van der Waals surface area contributed by atoms with Gasteiger partial charge in [-0.05, 0) is 37.3 Å². The van der Waals surface area contributed by atoms with Crippen LogP contribution in [0.3, 0.4) is 0 Å². The van der Waals surface area contributed by atoms with Gasteiger partial charge in [-0.3, -0.25) is 9.69 Å². The summed E-state index contributed by atoms with van der Waals surface area (Å²) in [5.41, 5.74) is 2.45. The summed E-state index contributed by atoms with van der Waals surface area (Å²) in [6, 6.07) is 14.6. The van der Waals surface area contributed by atoms with Crippen LogP contribution < -0.4 is 15.0 Å². The van der Waals surface area contributed by atoms with Crippen LogP contribution in [0.2, 0.25) is 0 Å². The number of carbonyl (C=O) groups is 2. The van der Waals surface area contributed by atoms with Gasteiger partial charge in [0.15, 0.2) is 4.87 Å². The molecule has 0 saturated carbocycles. The molecule has 2 heterocycles. The van der Waals surface area contributed by atoms with Crippen LogP contribution in [-0.2, 0) is 9.67 Å². The van der Waals surface area contributed by atoms with Crippen LogP contribution in [0.5, 0.6) is 5.75 Å². The largest absolute Gasteiger partial charge is 0.497 e. The molecular weight excluding hydrogens is 362 g/mol. The highest BCUT2D eigenvalue weighted by Crippen LogP contribution is 2.53. The third-order valence-corrected chi connectivity index (χ3v) is 6.42. The van der Waals surface area contributed by atoms with Gasteiger partial charge in [-0.15, -0.1) is 11.8 Å². The first-order valence-corrected chi connectivity index (χ1v) is 9.88. The van der Waals surface area contributed by atoms with Crippen LogP contribution in [0, 0.1) is 0 Å². The molecule has 3 amide bonds. The van der Waals surface area contributed by atoms with Crippen molar-refractivity contribution < 1.29 is 14.3 Å². The second-order valence-corrected chi connectivity index (χ2v) is 7.66. The molecule has 140 valence electrons. The van der Waals surface area contributed by atoms with Crippen LogP contribution in [-0.4, -0.2) is 42.8 Å². The van der Waals surface area contributed by atoms with Gasteiger partial charge in [0, 0.05) is 30.1 Å². The number of methoxy groups -OCH3 is 1. The van der Waals surface area contributed by atoms with E-state index in [-0.39, 0.29) is 11.9 Å². The fourth-order valence-corrected chi connectivity index (χ4v) is 5.21. The van der Waals surface area contributed by atoms with E-state index in [0.717, 1.165) is 17.0 Å². The highest BCUT2D eigenvalue weighted by molar-refractivity contribution is 8.01. The molecule has 0 unspecified atom stereocenters. The van der Waals surface area contributed by atoms with Crippen molar-refractivity contribution in [3.63, 3.8) is 0 Å². The van der Waals surface area contributed by atoms with Crippen LogP contribution in [0.15, 0.2) is 48.5 Å². The Morgan fingerprint density at radius 3 is 2.67 bits per heavy atom. The van der Waals surface area contributed by atoms with E-state index < -0.39 is 4.87 Å². The molecule has 2 aliphatic rings. The van der Waals surface area contributed by atoms with Crippen molar-refractivity contribution in [2.24, 2.45) is 0 Å². The fourth-order valence-electron chi connectivity index (χ4n) is 3.75. The first-order valence-electron chi connectivity index (χ1n) is 8.90. The maximum atomic E-state index is 13.3. The average molecular weight is 383 g/mol. The number of likely N-dealkylation sites (N-methyl/N-ethyl adjacent to an activating group) is 1. The third-order valence-electron chi connectivity index (χ3n) is 5.00. The SMILES string of the molecule is CCN1C(=O)[C@@]2(SCCN2C(=O)Nc2ccc(OC)cc2)c2ccccc21. The highest BCUT2D eigenvalue weighted by atomic mass is 32.2. The number of carbonyl (C=O) groups excluding carboxylic acids is 2. The number of hydrogen-bond donors (Lipinski definition) is 1. The normalized spacial score (nSPS) is 20.9. The number of benzene rings is 2. The highest BCUT2D eigenvalue weighted by Gasteiger charge is 2.59. The summed E-state index contributed by atoms with van der Waals surface area (Å²) >= 11 is 1.53. The second-order valence-electron chi connectivity index (χ2n) is 6.37. The van der Waals surface area contributed by atoms with Gasteiger partial charge in [-0.1, -0.05) is 18.2 Å². The summed E-state index contributed by atoms with van der Waals surface area (Å²) in [5.74, 6) is 1.39. The van der Waals surface area contributed by atoms with E-state index in [1.165, 1.54) is 11.8 Å². The summed E-state index contributed by atoms with van der Waals surface area (Å²) in [6.45, 7) is 3.05. The lowest BCUT2D eigenvalue weighted by Crippen LogP contribution is -2.51. The number of thioether (sulfide) groups is 1. The molecule has 0 aromatic heterocycles. The fraction of sp³-hybridized carbons (Fsp3) is 0.300. The van der Waals surface area contributed by atoms with Crippen molar-refractivity contribution in [1.29, 1.82) is 0 Å². The number of amides is 3. The molecular formula is C20H21N3O3S. The van der Waals surface area contributed by atoms with E-state index >= 15 is 0 Å². The number of fused-ring (bicyclic) bond motifs is 2. The molecule has 2 aromatic rings. The molecule has 1 atom stereocenters. The molecule has 0 aliphatic carbocycles. The van der Waals surface area contributed by atoms with Crippen LogP contribution >= 0.6 is 11.8 Å². The Morgan fingerprint density at radius 1 is 1.22 bits per heavy atom. The van der Waals surface area contributed by atoms with Gasteiger partial charge < -0.3 is 15.0 Å². The monoisotopic (exact) mass is 383 g/mol. The minimum Gasteiger partial charge on any atom is -0.497 e. The lowest BCUT2D eigenvalue weighted by molar-refractivity contribution is -0.123. The molecule has 2 aromatic carbocycles. The zero-order chi connectivity index (χ0) is 19.0. The Kier molecular flexibility index (Phi) is 4.47. The van der Waals surface area contributed by atoms with Gasteiger partial charge in [-0.25, -0.2) is 4.79 Å². The minimum absolute atomic E-state index is 0.0430. The van der Waals surface area contributed by atoms with Gasteiger partial charge in [0.1, 0.15) is 5.75 Å². The summed E-state index contributed by atoms with van der Waals surface area (Å²) < 4.78 is 5.15. The molecule has 7 heteroatoms. The standard InChI is InChI=1S/C20H21N3O3S/c1-3-22-17-7-5-4-6-16(17)20(18(22)24)23(12-13-27-20)19(25)21-14-8-10-15(26-2)11-9-14/h4-11H,3,12-13H2,1-2H3,(H,21,25)/t20-/m0/s1. The number of nitrogens with one attached hydrogen (secondary N) is 1. The predicted octanol–water partition coefficient (Wildman–Crippen LogP) is 3.50. The van der Waals surface area contributed by atoms with E-state index in [4.69, 9.17) is 4.74 Å². The van der Waals surface area contributed by atoms with Crippen molar-refractivity contribution in [3.8, 4) is 5.75 Å². The number of para-hydroxylation sites is 1. The van der Waals surface area contributed by atoms with Crippen LogP contribution in [0.25, 0.3) is 0 Å². The van der Waals surface area contributed by atoms with Crippen molar-refractivity contribution in [3.05, 3.63) is 54.1 Å². The van der Waals surface area contributed by atoms with E-state index in [0.29, 0.717) is 24.5 Å². The Labute approximate surface area is 162 Å². The predicted molar refractivity (Wildman–Crippen MR) is 107 cm³/mol. The summed E-state index contributed by atoms with van der Waals surface area (Å²) in [7, 11) is 1.60. The van der Waals surface area contributed by atoms with Gasteiger partial charge in [0.2, 0.25) is 0 Å². The van der Waals surface area contributed by atoms with Crippen molar-refractivity contribution in [1.82, 2.24) is 4.90 Å². The Balaban J connectivity index is 1.67. The van der Waals surface area contributed by atoms with Gasteiger partial charge in [0.05, 0.1) is 12.8 Å². The topological polar surface area (TPSA) is 61.9 Å². The van der Waals surface area contributed by atoms with Gasteiger partial charge in [-0.2, -0.15) is 0 Å². The number of hydrogen-bond acceptors (Lipinski definition) is 4. The maximum Gasteiger partial charge on any atom is 0.323 e. The first kappa shape index (κ1) is 17.7. The molecule has 1 spiro atoms.